The van der Waals surface area contributed by atoms with Crippen LogP contribution in [0.1, 0.15) is 53.6 Å². The molecule has 0 saturated carbocycles. The van der Waals surface area contributed by atoms with Crippen LogP contribution >= 0.6 is 34.7 Å². The van der Waals surface area contributed by atoms with Crippen molar-refractivity contribution in [2.75, 3.05) is 23.5 Å². The number of hydrogen-bond donors (Lipinski definition) is 2. The molecular weight excluding hydrogens is 552 g/mol. The highest BCUT2D eigenvalue weighted by atomic mass is 35.5. The first kappa shape index (κ1) is 29.2. The number of ether oxygens (including phenoxy) is 1. The molecule has 1 unspecified atom stereocenters. The van der Waals surface area contributed by atoms with E-state index in [9.17, 15) is 14.4 Å². The zero-order valence-electron chi connectivity index (χ0n) is 22.6. The summed E-state index contributed by atoms with van der Waals surface area (Å²) in [5.74, 6) is -0.0641. The van der Waals surface area contributed by atoms with Gasteiger partial charge in [0, 0.05) is 20.5 Å². The third-order valence-corrected chi connectivity index (χ3v) is 9.31. The molecule has 206 valence electrons. The van der Waals surface area contributed by atoms with Crippen LogP contribution in [0.15, 0.2) is 53.4 Å². The first-order valence-electron chi connectivity index (χ1n) is 12.8. The highest BCUT2D eigenvalue weighted by molar-refractivity contribution is 8.00. The molecule has 0 radical (unpaired) electrons. The van der Waals surface area contributed by atoms with Crippen LogP contribution in [0.4, 0.5) is 10.7 Å². The number of esters is 1. The lowest BCUT2D eigenvalue weighted by atomic mass is 9.72. The van der Waals surface area contributed by atoms with E-state index in [1.54, 1.807) is 12.1 Å². The Labute approximate surface area is 242 Å². The van der Waals surface area contributed by atoms with Crippen LogP contribution < -0.4 is 10.6 Å². The number of rotatable bonds is 8. The molecular formula is C30H33ClN2O4S2. The zero-order chi connectivity index (χ0) is 28.2. The number of thiophene rings is 1. The van der Waals surface area contributed by atoms with Crippen LogP contribution in [0.3, 0.4) is 0 Å². The number of hydrogen-bond acceptors (Lipinski definition) is 6. The zero-order valence-corrected chi connectivity index (χ0v) is 24.9. The summed E-state index contributed by atoms with van der Waals surface area (Å²) in [7, 11) is 1.37. The minimum Gasteiger partial charge on any atom is -0.465 e. The number of thioether (sulfide) groups is 1. The Hall–Kier alpha value is -2.81. The van der Waals surface area contributed by atoms with E-state index in [2.05, 4.69) is 31.4 Å². The molecule has 2 N–H and O–H groups in total. The van der Waals surface area contributed by atoms with E-state index in [0.29, 0.717) is 27.2 Å². The topological polar surface area (TPSA) is 84.5 Å². The van der Waals surface area contributed by atoms with E-state index < -0.39 is 5.97 Å². The molecule has 6 nitrogen and oxygen atoms in total. The molecule has 0 saturated heterocycles. The average molecular weight is 585 g/mol. The maximum absolute atomic E-state index is 12.9. The van der Waals surface area contributed by atoms with Gasteiger partial charge >= 0.3 is 5.97 Å². The first-order valence-corrected chi connectivity index (χ1v) is 15.0. The van der Waals surface area contributed by atoms with Gasteiger partial charge in [-0.15, -0.1) is 23.1 Å². The lowest BCUT2D eigenvalue weighted by molar-refractivity contribution is -0.115. The maximum Gasteiger partial charge on any atom is 0.341 e. The quantitative estimate of drug-likeness (QED) is 0.215. The van der Waals surface area contributed by atoms with Gasteiger partial charge in [-0.05, 0) is 72.1 Å². The first-order chi connectivity index (χ1) is 18.5. The van der Waals surface area contributed by atoms with Crippen molar-refractivity contribution in [1.82, 2.24) is 0 Å². The Morgan fingerprint density at radius 2 is 1.82 bits per heavy atom. The fourth-order valence-corrected chi connectivity index (χ4v) is 6.91. The largest absolute Gasteiger partial charge is 0.465 e. The number of carbonyl (C=O) groups is 3. The van der Waals surface area contributed by atoms with Crippen LogP contribution in [0.25, 0.3) is 0 Å². The lowest BCUT2D eigenvalue weighted by Gasteiger charge is -2.33. The Kier molecular flexibility index (Phi) is 9.41. The van der Waals surface area contributed by atoms with Gasteiger partial charge < -0.3 is 15.4 Å². The Balaban J connectivity index is 1.38. The number of nitrogens with one attached hydrogen (secondary N) is 2. The number of fused-ring (bicyclic) bond motifs is 1. The van der Waals surface area contributed by atoms with Crippen molar-refractivity contribution in [2.24, 2.45) is 11.3 Å². The van der Waals surface area contributed by atoms with Crippen LogP contribution in [0.5, 0.6) is 0 Å². The van der Waals surface area contributed by atoms with Crippen molar-refractivity contribution in [1.29, 1.82) is 0 Å². The number of anilines is 2. The predicted octanol–water partition coefficient (Wildman–Crippen LogP) is 7.25. The summed E-state index contributed by atoms with van der Waals surface area (Å²) in [5, 5.41) is 7.06. The summed E-state index contributed by atoms with van der Waals surface area (Å²) >= 11 is 8.77. The number of methoxy groups -OCH3 is 1. The van der Waals surface area contributed by atoms with Crippen molar-refractivity contribution in [3.05, 3.63) is 75.1 Å². The van der Waals surface area contributed by atoms with Gasteiger partial charge in [-0.3, -0.25) is 9.59 Å². The van der Waals surface area contributed by atoms with Gasteiger partial charge in [0.1, 0.15) is 5.00 Å². The van der Waals surface area contributed by atoms with Gasteiger partial charge in [-0.2, -0.15) is 0 Å². The fraction of sp³-hybridized carbons (Fsp3) is 0.367. The molecule has 1 aromatic heterocycles. The molecule has 2 aromatic carbocycles. The Morgan fingerprint density at radius 3 is 2.51 bits per heavy atom. The molecule has 9 heteroatoms. The molecule has 2 amide bonds. The third kappa shape index (κ3) is 7.65. The second-order valence-corrected chi connectivity index (χ2v) is 13.3. The maximum atomic E-state index is 12.9. The Bertz CT molecular complexity index is 1360. The minimum atomic E-state index is -0.410. The summed E-state index contributed by atoms with van der Waals surface area (Å²) in [6, 6.07) is 14.6. The Morgan fingerprint density at radius 1 is 1.08 bits per heavy atom. The molecule has 39 heavy (non-hydrogen) atoms. The molecule has 1 aliphatic carbocycles. The van der Waals surface area contributed by atoms with Gasteiger partial charge in [0.15, 0.2) is 0 Å². The second kappa shape index (κ2) is 12.6. The summed E-state index contributed by atoms with van der Waals surface area (Å²) in [5.41, 5.74) is 3.21. The summed E-state index contributed by atoms with van der Waals surface area (Å²) < 4.78 is 5.06. The lowest BCUT2D eigenvalue weighted by Crippen LogP contribution is -2.26. The molecule has 3 aromatic rings. The molecule has 0 bridgehead atoms. The molecule has 0 fully saturated rings. The van der Waals surface area contributed by atoms with E-state index in [-0.39, 0.29) is 29.4 Å². The standard InChI is InChI=1S/C30H33ClN2O4S2/c1-30(2,3)19-10-13-23-24(15-19)39-28(27(23)29(36)37-4)33-26(35)17-38-22-7-5-6-21(16-22)32-25(34)14-18-8-11-20(31)12-9-18/h5-9,11-12,16,19H,10,13-15,17H2,1-4H3,(H,32,34)(H,33,35). The van der Waals surface area contributed by atoms with Gasteiger partial charge in [-0.1, -0.05) is 50.6 Å². The number of amides is 2. The van der Waals surface area contributed by atoms with E-state index in [4.69, 9.17) is 16.3 Å². The monoisotopic (exact) mass is 584 g/mol. The van der Waals surface area contributed by atoms with Crippen molar-refractivity contribution in [2.45, 2.75) is 51.3 Å². The fourth-order valence-electron chi connectivity index (χ4n) is 4.70. The van der Waals surface area contributed by atoms with Crippen LogP contribution in [0.2, 0.25) is 5.02 Å². The van der Waals surface area contributed by atoms with Crippen molar-refractivity contribution >= 4 is 63.2 Å². The smallest absolute Gasteiger partial charge is 0.341 e. The number of benzene rings is 2. The molecule has 0 aliphatic heterocycles. The number of halogens is 1. The highest BCUT2D eigenvalue weighted by Gasteiger charge is 2.34. The summed E-state index contributed by atoms with van der Waals surface area (Å²) in [4.78, 5) is 40.0. The van der Waals surface area contributed by atoms with E-state index in [0.717, 1.165) is 40.2 Å². The summed E-state index contributed by atoms with van der Waals surface area (Å²) in [6.45, 7) is 6.74. The average Bonchev–Trinajstić information content (AvgIpc) is 3.25. The van der Waals surface area contributed by atoms with Crippen molar-refractivity contribution in [3.63, 3.8) is 0 Å². The van der Waals surface area contributed by atoms with E-state index in [1.807, 2.05) is 36.4 Å². The van der Waals surface area contributed by atoms with Gasteiger partial charge in [0.25, 0.3) is 0 Å². The van der Waals surface area contributed by atoms with Crippen molar-refractivity contribution in [3.8, 4) is 0 Å². The molecule has 0 spiro atoms. The third-order valence-electron chi connectivity index (χ3n) is 6.90. The van der Waals surface area contributed by atoms with Gasteiger partial charge in [0.2, 0.25) is 11.8 Å². The van der Waals surface area contributed by atoms with Gasteiger partial charge in [-0.25, -0.2) is 4.79 Å². The normalized spacial score (nSPS) is 14.8. The highest BCUT2D eigenvalue weighted by Crippen LogP contribution is 2.44. The molecule has 4 rings (SSSR count). The van der Waals surface area contributed by atoms with E-state index in [1.165, 1.54) is 30.2 Å². The predicted molar refractivity (Wildman–Crippen MR) is 160 cm³/mol. The molecule has 1 heterocycles. The molecule has 1 atom stereocenters. The minimum absolute atomic E-state index is 0.136. The SMILES string of the molecule is COC(=O)c1c(NC(=O)CSc2cccc(NC(=O)Cc3ccc(Cl)cc3)c2)sc2c1CCC(C(C)(C)C)C2. The van der Waals surface area contributed by atoms with Gasteiger partial charge in [0.05, 0.1) is 24.8 Å². The van der Waals surface area contributed by atoms with E-state index >= 15 is 0 Å². The second-order valence-electron chi connectivity index (χ2n) is 10.7. The molecule has 1 aliphatic rings. The number of carbonyl (C=O) groups excluding carboxylic acids is 3. The van der Waals surface area contributed by atoms with Crippen molar-refractivity contribution < 1.29 is 19.1 Å². The van der Waals surface area contributed by atoms with Crippen LogP contribution in [-0.2, 0) is 33.6 Å². The summed E-state index contributed by atoms with van der Waals surface area (Å²) in [6.07, 6.45) is 2.95. The van der Waals surface area contributed by atoms with Crippen LogP contribution in [0, 0.1) is 11.3 Å². The van der Waals surface area contributed by atoms with Crippen LogP contribution in [-0.4, -0.2) is 30.6 Å².